The van der Waals surface area contributed by atoms with E-state index in [-0.39, 0.29) is 24.8 Å². The van der Waals surface area contributed by atoms with Gasteiger partial charge in [-0.1, -0.05) is 30.3 Å². The molecule has 4 rings (SSSR count). The van der Waals surface area contributed by atoms with Gasteiger partial charge in [0.2, 0.25) is 5.91 Å². The zero-order valence-corrected chi connectivity index (χ0v) is 19.7. The predicted molar refractivity (Wildman–Crippen MR) is 130 cm³/mol. The van der Waals surface area contributed by atoms with E-state index in [2.05, 4.69) is 34.9 Å². The first-order valence-electron chi connectivity index (χ1n) is 12.1. The van der Waals surface area contributed by atoms with Crippen LogP contribution in [0.25, 0.3) is 0 Å². The molecular formula is C27H33N3O4. The second-order valence-electron chi connectivity index (χ2n) is 9.09. The number of nitrogens with zero attached hydrogens (tertiary/aromatic N) is 1. The summed E-state index contributed by atoms with van der Waals surface area (Å²) in [5.74, 6) is 0.927. The van der Waals surface area contributed by atoms with Crippen molar-refractivity contribution in [3.05, 3.63) is 64.7 Å². The molecule has 0 aromatic heterocycles. The molecule has 0 spiro atoms. The van der Waals surface area contributed by atoms with Gasteiger partial charge in [-0.05, 0) is 68.0 Å². The van der Waals surface area contributed by atoms with Crippen LogP contribution in [0.15, 0.2) is 42.5 Å². The second kappa shape index (κ2) is 11.3. The lowest BCUT2D eigenvalue weighted by molar-refractivity contribution is -0.125. The maximum Gasteiger partial charge on any atom is 0.255 e. The number of rotatable bonds is 10. The summed E-state index contributed by atoms with van der Waals surface area (Å²) in [5, 5.41) is 6.02. The first kappa shape index (κ1) is 24.0. The van der Waals surface area contributed by atoms with Crippen LogP contribution in [0.4, 0.5) is 0 Å². The number of amides is 2. The Morgan fingerprint density at radius 3 is 2.62 bits per heavy atom. The van der Waals surface area contributed by atoms with Crippen LogP contribution in [0.2, 0.25) is 0 Å². The van der Waals surface area contributed by atoms with Gasteiger partial charge in [0.05, 0.1) is 6.54 Å². The Bertz CT molecular complexity index is 1020. The van der Waals surface area contributed by atoms with Crippen molar-refractivity contribution in [2.45, 2.75) is 51.3 Å². The first-order valence-corrected chi connectivity index (χ1v) is 12.1. The van der Waals surface area contributed by atoms with Crippen LogP contribution >= 0.6 is 0 Å². The molecule has 2 aromatic carbocycles. The monoisotopic (exact) mass is 463 g/mol. The van der Waals surface area contributed by atoms with Gasteiger partial charge >= 0.3 is 0 Å². The van der Waals surface area contributed by atoms with Crippen molar-refractivity contribution in [2.75, 3.05) is 20.1 Å². The van der Waals surface area contributed by atoms with Crippen LogP contribution < -0.4 is 15.4 Å². The summed E-state index contributed by atoms with van der Waals surface area (Å²) >= 11 is 0. The Morgan fingerprint density at radius 1 is 1.18 bits per heavy atom. The second-order valence-corrected chi connectivity index (χ2v) is 9.09. The van der Waals surface area contributed by atoms with E-state index in [9.17, 15) is 14.4 Å². The Kier molecular flexibility index (Phi) is 7.95. The standard InChI is InChI=1S/C27H33N3O4/c1-28-26(32)24(5-3-15-31)30-17-23-22(27(30)33)4-2-6-25(23)34-18-21-9-7-19(8-10-21)16-20-11-13-29-14-12-20/h2,4,6-10,15,20,24,29H,3,5,11-14,16-18H2,1H3,(H,28,32). The third-order valence-corrected chi connectivity index (χ3v) is 6.84. The number of ether oxygens (including phenoxy) is 1. The molecule has 7 nitrogen and oxygen atoms in total. The summed E-state index contributed by atoms with van der Waals surface area (Å²) in [6.07, 6.45) is 4.86. The van der Waals surface area contributed by atoms with E-state index in [1.807, 2.05) is 6.07 Å². The van der Waals surface area contributed by atoms with Gasteiger partial charge in [-0.15, -0.1) is 0 Å². The minimum absolute atomic E-state index is 0.206. The molecular weight excluding hydrogens is 430 g/mol. The van der Waals surface area contributed by atoms with Crippen LogP contribution in [-0.4, -0.2) is 49.2 Å². The third-order valence-electron chi connectivity index (χ3n) is 6.84. The van der Waals surface area contributed by atoms with Crippen molar-refractivity contribution in [1.29, 1.82) is 0 Å². The third kappa shape index (κ3) is 5.47. The van der Waals surface area contributed by atoms with Gasteiger partial charge in [-0.25, -0.2) is 0 Å². The van der Waals surface area contributed by atoms with E-state index >= 15 is 0 Å². The number of carbonyl (C=O) groups excluding carboxylic acids is 3. The average molecular weight is 464 g/mol. The number of hydrogen-bond acceptors (Lipinski definition) is 5. The number of carbonyl (C=O) groups is 3. The lowest BCUT2D eigenvalue weighted by Gasteiger charge is -2.25. The van der Waals surface area contributed by atoms with Gasteiger partial charge in [0, 0.05) is 24.6 Å². The van der Waals surface area contributed by atoms with Gasteiger partial charge in [0.25, 0.3) is 5.91 Å². The van der Waals surface area contributed by atoms with Crippen LogP contribution in [0.1, 0.15) is 52.7 Å². The molecule has 0 aliphatic carbocycles. The highest BCUT2D eigenvalue weighted by atomic mass is 16.5. The number of benzene rings is 2. The van der Waals surface area contributed by atoms with Crippen LogP contribution in [0, 0.1) is 5.92 Å². The normalized spacial score (nSPS) is 16.7. The predicted octanol–water partition coefficient (Wildman–Crippen LogP) is 2.86. The molecule has 34 heavy (non-hydrogen) atoms. The van der Waals surface area contributed by atoms with Gasteiger partial charge in [-0.3, -0.25) is 9.59 Å². The van der Waals surface area contributed by atoms with Crippen molar-refractivity contribution in [3.63, 3.8) is 0 Å². The molecule has 1 saturated heterocycles. The fraction of sp³-hybridized carbons (Fsp3) is 0.444. The van der Waals surface area contributed by atoms with E-state index in [1.165, 1.54) is 30.4 Å². The first-order chi connectivity index (χ1) is 16.6. The number of aldehydes is 1. The van der Waals surface area contributed by atoms with E-state index in [0.29, 0.717) is 24.3 Å². The number of piperidine rings is 1. The summed E-state index contributed by atoms with van der Waals surface area (Å²) in [4.78, 5) is 37.9. The SMILES string of the molecule is CNC(=O)C(CCC=O)N1Cc2c(OCc3ccc(CC4CCNCC4)cc3)cccc2C1=O. The summed E-state index contributed by atoms with van der Waals surface area (Å²) < 4.78 is 6.13. The summed E-state index contributed by atoms with van der Waals surface area (Å²) in [6.45, 7) is 2.91. The van der Waals surface area contributed by atoms with Crippen molar-refractivity contribution >= 4 is 18.1 Å². The van der Waals surface area contributed by atoms with Crippen LogP contribution in [0.3, 0.4) is 0 Å². The summed E-state index contributed by atoms with van der Waals surface area (Å²) in [7, 11) is 1.54. The highest BCUT2D eigenvalue weighted by molar-refractivity contribution is 6.01. The number of fused-ring (bicyclic) bond motifs is 1. The molecule has 1 unspecified atom stereocenters. The molecule has 2 aromatic rings. The Morgan fingerprint density at radius 2 is 1.91 bits per heavy atom. The van der Waals surface area contributed by atoms with Crippen molar-refractivity contribution in [3.8, 4) is 5.75 Å². The minimum atomic E-state index is -0.685. The molecule has 2 aliphatic heterocycles. The average Bonchev–Trinajstić information content (AvgIpc) is 3.21. The van der Waals surface area contributed by atoms with Crippen molar-refractivity contribution < 1.29 is 19.1 Å². The van der Waals surface area contributed by atoms with Crippen LogP contribution in [0.5, 0.6) is 5.75 Å². The Hall–Kier alpha value is -3.19. The van der Waals surface area contributed by atoms with E-state index in [4.69, 9.17) is 4.74 Å². The molecule has 180 valence electrons. The fourth-order valence-corrected chi connectivity index (χ4v) is 4.89. The lowest BCUT2D eigenvalue weighted by Crippen LogP contribution is -2.46. The van der Waals surface area contributed by atoms with Gasteiger partial charge < -0.3 is 25.1 Å². The summed E-state index contributed by atoms with van der Waals surface area (Å²) in [5.41, 5.74) is 3.76. The molecule has 2 aliphatic rings. The fourth-order valence-electron chi connectivity index (χ4n) is 4.89. The highest BCUT2D eigenvalue weighted by Crippen LogP contribution is 2.33. The van der Waals surface area contributed by atoms with Gasteiger partial charge in [0.15, 0.2) is 0 Å². The maximum atomic E-state index is 13.0. The van der Waals surface area contributed by atoms with Gasteiger partial charge in [0.1, 0.15) is 24.7 Å². The summed E-state index contributed by atoms with van der Waals surface area (Å²) in [6, 6.07) is 13.3. The number of nitrogens with one attached hydrogen (secondary N) is 2. The molecule has 2 heterocycles. The van der Waals surface area contributed by atoms with E-state index in [1.54, 1.807) is 12.1 Å². The zero-order chi connectivity index (χ0) is 23.9. The molecule has 2 amide bonds. The molecule has 1 fully saturated rings. The number of hydrogen-bond donors (Lipinski definition) is 2. The molecule has 2 N–H and O–H groups in total. The molecule has 0 saturated carbocycles. The van der Waals surface area contributed by atoms with Crippen molar-refractivity contribution in [1.82, 2.24) is 15.5 Å². The molecule has 0 bridgehead atoms. The molecule has 7 heteroatoms. The van der Waals surface area contributed by atoms with Gasteiger partial charge in [-0.2, -0.15) is 0 Å². The largest absolute Gasteiger partial charge is 0.489 e. The lowest BCUT2D eigenvalue weighted by atomic mass is 9.91. The quantitative estimate of drug-likeness (QED) is 0.529. The Balaban J connectivity index is 1.41. The molecule has 0 radical (unpaired) electrons. The smallest absolute Gasteiger partial charge is 0.255 e. The maximum absolute atomic E-state index is 13.0. The topological polar surface area (TPSA) is 87.7 Å². The van der Waals surface area contributed by atoms with Crippen LogP contribution in [-0.2, 0) is 29.2 Å². The van der Waals surface area contributed by atoms with E-state index in [0.717, 1.165) is 42.8 Å². The molecule has 1 atom stereocenters. The van der Waals surface area contributed by atoms with Crippen molar-refractivity contribution in [2.24, 2.45) is 5.92 Å². The van der Waals surface area contributed by atoms with E-state index < -0.39 is 6.04 Å². The minimum Gasteiger partial charge on any atom is -0.489 e. The zero-order valence-electron chi connectivity index (χ0n) is 19.7. The highest BCUT2D eigenvalue weighted by Gasteiger charge is 2.37. The number of likely N-dealkylation sites (N-methyl/N-ethyl adjacent to an activating group) is 1. The Labute approximate surface area is 200 Å².